The van der Waals surface area contributed by atoms with E-state index in [0.717, 1.165) is 30.0 Å². The smallest absolute Gasteiger partial charge is 0.224 e. The molecule has 1 aliphatic carbocycles. The largest absolute Gasteiger partial charge is 0.378 e. The Bertz CT molecular complexity index is 441. The number of rotatable bonds is 5. The van der Waals surface area contributed by atoms with Crippen molar-refractivity contribution in [2.75, 3.05) is 30.1 Å². The molecule has 1 amide bonds. The molecule has 98 valence electrons. The summed E-state index contributed by atoms with van der Waals surface area (Å²) in [6.07, 6.45) is 2.84. The lowest BCUT2D eigenvalue weighted by Gasteiger charge is -2.15. The Morgan fingerprint density at radius 3 is 2.72 bits per heavy atom. The highest BCUT2D eigenvalue weighted by Gasteiger charge is 2.42. The van der Waals surface area contributed by atoms with Gasteiger partial charge in [0.05, 0.1) is 0 Å². The van der Waals surface area contributed by atoms with Crippen molar-refractivity contribution in [3.63, 3.8) is 0 Å². The highest BCUT2D eigenvalue weighted by molar-refractivity contribution is 7.80. The van der Waals surface area contributed by atoms with Gasteiger partial charge in [0.25, 0.3) is 0 Å². The molecule has 0 saturated heterocycles. The van der Waals surface area contributed by atoms with Crippen LogP contribution in [0.3, 0.4) is 0 Å². The van der Waals surface area contributed by atoms with E-state index in [2.05, 4.69) is 17.9 Å². The quantitative estimate of drug-likeness (QED) is 0.802. The maximum atomic E-state index is 11.9. The minimum Gasteiger partial charge on any atom is -0.378 e. The van der Waals surface area contributed by atoms with Crippen LogP contribution in [0.4, 0.5) is 11.4 Å². The van der Waals surface area contributed by atoms with E-state index in [0.29, 0.717) is 6.42 Å². The Balaban J connectivity index is 1.96. The topological polar surface area (TPSA) is 32.3 Å². The number of carbonyl (C=O) groups excluding carboxylic acids is 1. The standard InChI is InChI=1S/C14H20N2OS/c1-16(2)12-5-3-4-11(8-12)15-13(17)9-14(10-18)6-7-14/h3-5,8,18H,6-7,9-10H2,1-2H3,(H,15,17). The average Bonchev–Trinajstić information content (AvgIpc) is 3.09. The Morgan fingerprint density at radius 1 is 1.44 bits per heavy atom. The zero-order chi connectivity index (χ0) is 13.2. The van der Waals surface area contributed by atoms with Crippen molar-refractivity contribution in [1.82, 2.24) is 0 Å². The van der Waals surface area contributed by atoms with E-state index in [1.54, 1.807) is 0 Å². The van der Waals surface area contributed by atoms with Crippen LogP contribution in [0.5, 0.6) is 0 Å². The first-order chi connectivity index (χ1) is 8.54. The molecule has 0 heterocycles. The number of thiol groups is 1. The second-order valence-corrected chi connectivity index (χ2v) is 5.64. The van der Waals surface area contributed by atoms with Crippen molar-refractivity contribution < 1.29 is 4.79 Å². The molecule has 18 heavy (non-hydrogen) atoms. The second-order valence-electron chi connectivity index (χ2n) is 5.33. The van der Waals surface area contributed by atoms with Crippen LogP contribution in [0.1, 0.15) is 19.3 Å². The van der Waals surface area contributed by atoms with Crippen molar-refractivity contribution in [2.24, 2.45) is 5.41 Å². The molecule has 0 bridgehead atoms. The van der Waals surface area contributed by atoms with Gasteiger partial charge in [0.1, 0.15) is 0 Å². The van der Waals surface area contributed by atoms with Crippen molar-refractivity contribution in [3.05, 3.63) is 24.3 Å². The predicted molar refractivity (Wildman–Crippen MR) is 79.5 cm³/mol. The summed E-state index contributed by atoms with van der Waals surface area (Å²) in [5, 5.41) is 2.97. The average molecular weight is 264 g/mol. The molecule has 1 aromatic rings. The summed E-state index contributed by atoms with van der Waals surface area (Å²) in [6.45, 7) is 0. The molecular formula is C14H20N2OS. The first kappa shape index (κ1) is 13.3. The van der Waals surface area contributed by atoms with Crippen molar-refractivity contribution in [2.45, 2.75) is 19.3 Å². The molecule has 1 fully saturated rings. The van der Waals surface area contributed by atoms with Gasteiger partial charge in [-0.2, -0.15) is 12.6 Å². The molecule has 2 rings (SSSR count). The first-order valence-corrected chi connectivity index (χ1v) is 6.86. The van der Waals surface area contributed by atoms with Gasteiger partial charge in [-0.25, -0.2) is 0 Å². The summed E-state index contributed by atoms with van der Waals surface area (Å²) in [5.41, 5.74) is 2.12. The molecule has 1 saturated carbocycles. The first-order valence-electron chi connectivity index (χ1n) is 6.23. The third kappa shape index (κ3) is 3.19. The van der Waals surface area contributed by atoms with Gasteiger partial charge in [0.15, 0.2) is 0 Å². The van der Waals surface area contributed by atoms with Crippen molar-refractivity contribution in [3.8, 4) is 0 Å². The van der Waals surface area contributed by atoms with Crippen LogP contribution in [0, 0.1) is 5.41 Å². The highest BCUT2D eigenvalue weighted by atomic mass is 32.1. The van der Waals surface area contributed by atoms with Crippen molar-refractivity contribution >= 4 is 29.9 Å². The van der Waals surface area contributed by atoms with E-state index in [9.17, 15) is 4.79 Å². The third-order valence-electron chi connectivity index (χ3n) is 3.47. The number of hydrogen-bond donors (Lipinski definition) is 2. The van der Waals surface area contributed by atoms with Gasteiger partial charge in [-0.1, -0.05) is 6.07 Å². The van der Waals surface area contributed by atoms with Gasteiger partial charge in [-0.05, 0) is 42.2 Å². The predicted octanol–water partition coefficient (Wildman–Crippen LogP) is 2.79. The molecule has 0 aromatic heterocycles. The van der Waals surface area contributed by atoms with Crippen LogP contribution in [0.25, 0.3) is 0 Å². The molecule has 1 N–H and O–H groups in total. The van der Waals surface area contributed by atoms with E-state index in [-0.39, 0.29) is 11.3 Å². The Labute approximate surface area is 114 Å². The van der Waals surface area contributed by atoms with Crippen LogP contribution in [0.2, 0.25) is 0 Å². The SMILES string of the molecule is CN(C)c1cccc(NC(=O)CC2(CS)CC2)c1. The summed E-state index contributed by atoms with van der Waals surface area (Å²) < 4.78 is 0. The number of hydrogen-bond acceptors (Lipinski definition) is 3. The van der Waals surface area contributed by atoms with Gasteiger partial charge in [-0.3, -0.25) is 4.79 Å². The number of nitrogens with one attached hydrogen (secondary N) is 1. The van der Waals surface area contributed by atoms with Crippen LogP contribution < -0.4 is 10.2 Å². The second kappa shape index (κ2) is 5.22. The number of nitrogens with zero attached hydrogens (tertiary/aromatic N) is 1. The van der Waals surface area contributed by atoms with Crippen LogP contribution >= 0.6 is 12.6 Å². The van der Waals surface area contributed by atoms with Crippen LogP contribution in [-0.2, 0) is 4.79 Å². The number of amides is 1. The molecule has 0 unspecified atom stereocenters. The van der Waals surface area contributed by atoms with E-state index in [1.807, 2.05) is 43.3 Å². The Hall–Kier alpha value is -1.16. The number of anilines is 2. The molecule has 0 aliphatic heterocycles. The minimum absolute atomic E-state index is 0.0949. The summed E-state index contributed by atoms with van der Waals surface area (Å²) in [4.78, 5) is 14.0. The van der Waals surface area contributed by atoms with Gasteiger partial charge < -0.3 is 10.2 Å². The van der Waals surface area contributed by atoms with Gasteiger partial charge in [0.2, 0.25) is 5.91 Å². The lowest BCUT2D eigenvalue weighted by atomic mass is 10.1. The summed E-state index contributed by atoms with van der Waals surface area (Å²) in [7, 11) is 3.97. The summed E-state index contributed by atoms with van der Waals surface area (Å²) >= 11 is 4.32. The summed E-state index contributed by atoms with van der Waals surface area (Å²) in [5.74, 6) is 0.899. The van der Waals surface area contributed by atoms with Crippen molar-refractivity contribution in [1.29, 1.82) is 0 Å². The van der Waals surface area contributed by atoms with E-state index in [1.165, 1.54) is 0 Å². The maximum Gasteiger partial charge on any atom is 0.224 e. The Kier molecular flexibility index (Phi) is 3.85. The fraction of sp³-hybridized carbons (Fsp3) is 0.500. The molecular weight excluding hydrogens is 244 g/mol. The van der Waals surface area contributed by atoms with Gasteiger partial charge in [-0.15, -0.1) is 0 Å². The fourth-order valence-electron chi connectivity index (χ4n) is 1.98. The lowest BCUT2D eigenvalue weighted by Crippen LogP contribution is -2.18. The van der Waals surface area contributed by atoms with Crippen LogP contribution in [-0.4, -0.2) is 25.8 Å². The van der Waals surface area contributed by atoms with E-state index < -0.39 is 0 Å². The molecule has 3 nitrogen and oxygen atoms in total. The monoisotopic (exact) mass is 264 g/mol. The van der Waals surface area contributed by atoms with Crippen LogP contribution in [0.15, 0.2) is 24.3 Å². The zero-order valence-corrected chi connectivity index (χ0v) is 11.8. The maximum absolute atomic E-state index is 11.9. The van der Waals surface area contributed by atoms with Gasteiger partial charge in [0, 0.05) is 31.9 Å². The molecule has 4 heteroatoms. The highest BCUT2D eigenvalue weighted by Crippen LogP contribution is 2.49. The number of carbonyl (C=O) groups is 1. The fourth-order valence-corrected chi connectivity index (χ4v) is 2.40. The van der Waals surface area contributed by atoms with Gasteiger partial charge >= 0.3 is 0 Å². The zero-order valence-electron chi connectivity index (χ0n) is 10.9. The number of benzene rings is 1. The van der Waals surface area contributed by atoms with E-state index in [4.69, 9.17) is 0 Å². The molecule has 0 radical (unpaired) electrons. The molecule has 0 spiro atoms. The van der Waals surface area contributed by atoms with E-state index >= 15 is 0 Å². The normalized spacial score (nSPS) is 16.2. The lowest BCUT2D eigenvalue weighted by molar-refractivity contribution is -0.117. The molecule has 1 aromatic carbocycles. The third-order valence-corrected chi connectivity index (χ3v) is 4.15. The molecule has 1 aliphatic rings. The summed E-state index contributed by atoms with van der Waals surface area (Å²) in [6, 6.07) is 7.88. The Morgan fingerprint density at radius 2 is 2.17 bits per heavy atom. The minimum atomic E-state index is 0.0949. The molecule has 0 atom stereocenters.